The first-order valence-corrected chi connectivity index (χ1v) is 8.19. The summed E-state index contributed by atoms with van der Waals surface area (Å²) in [6.45, 7) is 4.71. The minimum absolute atomic E-state index is 0.00588. The molecule has 1 amide bonds. The second kappa shape index (κ2) is 6.20. The molecule has 1 atom stereocenters. The lowest BCUT2D eigenvalue weighted by Gasteiger charge is -2.27. The molecule has 0 spiro atoms. The Morgan fingerprint density at radius 2 is 2.38 bits per heavy atom. The molecule has 21 heavy (non-hydrogen) atoms. The van der Waals surface area contributed by atoms with Crippen molar-refractivity contribution in [2.45, 2.75) is 25.8 Å². The van der Waals surface area contributed by atoms with E-state index in [1.54, 1.807) is 0 Å². The molecule has 1 aliphatic heterocycles. The number of amides is 1. The topological polar surface area (TPSA) is 45.5 Å². The predicted molar refractivity (Wildman–Crippen MR) is 86.5 cm³/mol. The third-order valence-electron chi connectivity index (χ3n) is 3.91. The highest BCUT2D eigenvalue weighted by Crippen LogP contribution is 2.28. The molecular weight excluding hydrogens is 332 g/mol. The lowest BCUT2D eigenvalue weighted by Crippen LogP contribution is -2.41. The van der Waals surface area contributed by atoms with Gasteiger partial charge >= 0.3 is 0 Å². The van der Waals surface area contributed by atoms with E-state index >= 15 is 0 Å². The zero-order valence-corrected chi connectivity index (χ0v) is 13.6. The molecule has 0 bridgehead atoms. The number of carbonyl (C=O) groups excluding carboxylic acids is 1. The van der Waals surface area contributed by atoms with E-state index < -0.39 is 0 Å². The van der Waals surface area contributed by atoms with Gasteiger partial charge in [0.2, 0.25) is 0 Å². The van der Waals surface area contributed by atoms with Crippen LogP contribution in [0.2, 0.25) is 0 Å². The number of carbonyl (C=O) groups is 1. The molecule has 1 aromatic carbocycles. The van der Waals surface area contributed by atoms with Crippen LogP contribution in [0.25, 0.3) is 11.0 Å². The Morgan fingerprint density at radius 1 is 1.52 bits per heavy atom. The molecule has 1 unspecified atom stereocenters. The molecule has 5 heteroatoms. The van der Waals surface area contributed by atoms with Crippen LogP contribution in [0, 0.1) is 0 Å². The van der Waals surface area contributed by atoms with Crippen molar-refractivity contribution in [1.82, 2.24) is 10.2 Å². The summed E-state index contributed by atoms with van der Waals surface area (Å²) in [7, 11) is 0. The third kappa shape index (κ3) is 2.85. The number of furan rings is 1. The Morgan fingerprint density at radius 3 is 3.05 bits per heavy atom. The summed E-state index contributed by atoms with van der Waals surface area (Å²) in [6.07, 6.45) is 1.96. The van der Waals surface area contributed by atoms with Crippen molar-refractivity contribution in [2.75, 3.05) is 19.6 Å². The minimum Gasteiger partial charge on any atom is -0.450 e. The van der Waals surface area contributed by atoms with Gasteiger partial charge in [-0.1, -0.05) is 19.1 Å². The number of hydrogen-bond acceptors (Lipinski definition) is 3. The highest BCUT2D eigenvalue weighted by atomic mass is 79.9. The summed E-state index contributed by atoms with van der Waals surface area (Å²) < 4.78 is 6.67. The molecule has 0 saturated carbocycles. The number of hydrogen-bond donors (Lipinski definition) is 1. The van der Waals surface area contributed by atoms with Gasteiger partial charge in [-0.05, 0) is 47.4 Å². The summed E-state index contributed by atoms with van der Waals surface area (Å²) in [5.74, 6) is 0.422. The van der Waals surface area contributed by atoms with Crippen LogP contribution in [0.5, 0.6) is 0 Å². The van der Waals surface area contributed by atoms with E-state index in [-0.39, 0.29) is 11.9 Å². The van der Waals surface area contributed by atoms with E-state index in [9.17, 15) is 4.79 Å². The van der Waals surface area contributed by atoms with Gasteiger partial charge in [0.05, 0.1) is 4.47 Å². The molecule has 0 radical (unpaired) electrons. The first-order chi connectivity index (χ1) is 10.2. The maximum absolute atomic E-state index is 12.8. The van der Waals surface area contributed by atoms with Crippen molar-refractivity contribution in [3.8, 4) is 0 Å². The fourth-order valence-corrected chi connectivity index (χ4v) is 3.33. The van der Waals surface area contributed by atoms with Crippen LogP contribution >= 0.6 is 15.9 Å². The smallest absolute Gasteiger partial charge is 0.289 e. The number of nitrogens with one attached hydrogen (secondary N) is 1. The van der Waals surface area contributed by atoms with Crippen LogP contribution in [0.15, 0.2) is 33.2 Å². The molecule has 1 aliphatic rings. The molecule has 3 rings (SSSR count). The molecule has 0 aliphatic carbocycles. The van der Waals surface area contributed by atoms with Gasteiger partial charge in [0, 0.05) is 24.5 Å². The molecule has 2 heterocycles. The first kappa shape index (κ1) is 14.6. The molecular formula is C16H19BrN2O2. The van der Waals surface area contributed by atoms with Crippen LogP contribution in [0.4, 0.5) is 0 Å². The molecule has 1 saturated heterocycles. The zero-order valence-electron chi connectivity index (χ0n) is 12.1. The first-order valence-electron chi connectivity index (χ1n) is 7.40. The Kier molecular flexibility index (Phi) is 4.31. The van der Waals surface area contributed by atoms with E-state index in [0.29, 0.717) is 5.76 Å². The van der Waals surface area contributed by atoms with Crippen molar-refractivity contribution in [3.05, 3.63) is 34.5 Å². The average Bonchev–Trinajstić information content (AvgIpc) is 3.13. The van der Waals surface area contributed by atoms with E-state index in [1.165, 1.54) is 0 Å². The fourth-order valence-electron chi connectivity index (χ4n) is 2.87. The van der Waals surface area contributed by atoms with E-state index in [2.05, 4.69) is 28.2 Å². The largest absolute Gasteiger partial charge is 0.450 e. The summed E-state index contributed by atoms with van der Waals surface area (Å²) in [6, 6.07) is 7.94. The third-order valence-corrected chi connectivity index (χ3v) is 4.53. The minimum atomic E-state index is -0.00588. The predicted octanol–water partition coefficient (Wildman–Crippen LogP) is 3.41. The highest BCUT2D eigenvalue weighted by Gasteiger charge is 2.28. The van der Waals surface area contributed by atoms with Crippen LogP contribution in [0.1, 0.15) is 30.3 Å². The monoisotopic (exact) mass is 350 g/mol. The number of fused-ring (bicyclic) bond motifs is 1. The van der Waals surface area contributed by atoms with Crippen molar-refractivity contribution in [3.63, 3.8) is 0 Å². The van der Waals surface area contributed by atoms with Crippen LogP contribution < -0.4 is 5.32 Å². The van der Waals surface area contributed by atoms with Gasteiger partial charge in [-0.25, -0.2) is 0 Å². The zero-order chi connectivity index (χ0) is 14.8. The molecule has 4 nitrogen and oxygen atoms in total. The van der Waals surface area contributed by atoms with Crippen molar-refractivity contribution < 1.29 is 9.21 Å². The highest BCUT2D eigenvalue weighted by molar-refractivity contribution is 9.10. The number of rotatable bonds is 4. The normalized spacial score (nSPS) is 18.3. The van der Waals surface area contributed by atoms with E-state index in [4.69, 9.17) is 4.42 Å². The van der Waals surface area contributed by atoms with Crippen LogP contribution in [-0.4, -0.2) is 36.5 Å². The number of halogens is 1. The van der Waals surface area contributed by atoms with E-state index in [1.807, 2.05) is 29.2 Å². The lowest BCUT2D eigenvalue weighted by atomic mass is 10.2. The van der Waals surface area contributed by atoms with Gasteiger partial charge in [0.25, 0.3) is 5.91 Å². The second-order valence-corrected chi connectivity index (χ2v) is 6.27. The number of benzene rings is 1. The lowest BCUT2D eigenvalue weighted by molar-refractivity contribution is 0.0662. The second-order valence-electron chi connectivity index (χ2n) is 5.41. The Bertz CT molecular complexity index is 647. The van der Waals surface area contributed by atoms with Gasteiger partial charge < -0.3 is 14.6 Å². The fraction of sp³-hybridized carbons (Fsp3) is 0.438. The standard InChI is InChI=1S/C16H19BrN2O2/c1-2-8-19(12-6-7-18-10-12)16(20)14-9-11-4-3-5-13(17)15(11)21-14/h3-5,9,12,18H,2,6-8,10H2,1H3. The Hall–Kier alpha value is -1.33. The molecule has 112 valence electrons. The van der Waals surface area contributed by atoms with Crippen LogP contribution in [0.3, 0.4) is 0 Å². The molecule has 1 aromatic heterocycles. The average molecular weight is 351 g/mol. The SMILES string of the molecule is CCCN(C(=O)c1cc2cccc(Br)c2o1)C1CCNC1. The Balaban J connectivity index is 1.91. The van der Waals surface area contributed by atoms with Gasteiger partial charge in [0.15, 0.2) is 5.76 Å². The van der Waals surface area contributed by atoms with Crippen molar-refractivity contribution >= 4 is 32.8 Å². The van der Waals surface area contributed by atoms with Gasteiger partial charge in [-0.15, -0.1) is 0 Å². The maximum Gasteiger partial charge on any atom is 0.289 e. The number of nitrogens with zero attached hydrogens (tertiary/aromatic N) is 1. The maximum atomic E-state index is 12.8. The van der Waals surface area contributed by atoms with Gasteiger partial charge in [0.1, 0.15) is 5.58 Å². The molecule has 2 aromatic rings. The van der Waals surface area contributed by atoms with Gasteiger partial charge in [-0.2, -0.15) is 0 Å². The Labute approximate surface area is 132 Å². The molecule has 1 N–H and O–H groups in total. The van der Waals surface area contributed by atoms with Crippen LogP contribution in [-0.2, 0) is 0 Å². The summed E-state index contributed by atoms with van der Waals surface area (Å²) >= 11 is 3.46. The van der Waals surface area contributed by atoms with E-state index in [0.717, 1.165) is 47.9 Å². The van der Waals surface area contributed by atoms with Gasteiger partial charge in [-0.3, -0.25) is 4.79 Å². The summed E-state index contributed by atoms with van der Waals surface area (Å²) in [4.78, 5) is 14.7. The van der Waals surface area contributed by atoms with Crippen molar-refractivity contribution in [1.29, 1.82) is 0 Å². The quantitative estimate of drug-likeness (QED) is 0.918. The number of para-hydroxylation sites is 1. The van der Waals surface area contributed by atoms with Crippen molar-refractivity contribution in [2.24, 2.45) is 0 Å². The molecule has 1 fully saturated rings. The summed E-state index contributed by atoms with van der Waals surface area (Å²) in [5, 5.41) is 4.27. The summed E-state index contributed by atoms with van der Waals surface area (Å²) in [5.41, 5.74) is 0.738.